The van der Waals surface area contributed by atoms with E-state index in [1.165, 1.54) is 11.1 Å². The summed E-state index contributed by atoms with van der Waals surface area (Å²) in [6, 6.07) is 12.3. The van der Waals surface area contributed by atoms with Gasteiger partial charge in [-0.1, -0.05) is 44.2 Å². The summed E-state index contributed by atoms with van der Waals surface area (Å²) in [5, 5.41) is 4.97. The lowest BCUT2D eigenvalue weighted by molar-refractivity contribution is -0.116. The van der Waals surface area contributed by atoms with Crippen LogP contribution < -0.4 is 5.32 Å². The van der Waals surface area contributed by atoms with Gasteiger partial charge in [0.15, 0.2) is 0 Å². The SMILES string of the molecule is CCN(CC)Cc1ccccc1CNC(=O)/C=C/c1cccs1. The number of hydrogen-bond donors (Lipinski definition) is 1. The van der Waals surface area contributed by atoms with E-state index in [1.807, 2.05) is 29.7 Å². The van der Waals surface area contributed by atoms with E-state index in [9.17, 15) is 4.79 Å². The van der Waals surface area contributed by atoms with Crippen LogP contribution in [0.25, 0.3) is 6.08 Å². The minimum Gasteiger partial charge on any atom is -0.348 e. The van der Waals surface area contributed by atoms with Crippen LogP contribution in [0, 0.1) is 0 Å². The zero-order valence-electron chi connectivity index (χ0n) is 13.8. The van der Waals surface area contributed by atoms with Gasteiger partial charge < -0.3 is 5.32 Å². The third kappa shape index (κ3) is 5.66. The largest absolute Gasteiger partial charge is 0.348 e. The van der Waals surface area contributed by atoms with Crippen LogP contribution in [-0.4, -0.2) is 23.9 Å². The van der Waals surface area contributed by atoms with Gasteiger partial charge in [-0.25, -0.2) is 0 Å². The molecule has 1 heterocycles. The summed E-state index contributed by atoms with van der Waals surface area (Å²) in [7, 11) is 0. The normalized spacial score (nSPS) is 11.3. The number of nitrogens with zero attached hydrogens (tertiary/aromatic N) is 1. The van der Waals surface area contributed by atoms with E-state index in [0.29, 0.717) is 6.54 Å². The van der Waals surface area contributed by atoms with Crippen LogP contribution in [0.4, 0.5) is 0 Å². The molecule has 0 saturated heterocycles. The molecule has 23 heavy (non-hydrogen) atoms. The van der Waals surface area contributed by atoms with Crippen molar-refractivity contribution < 1.29 is 4.79 Å². The van der Waals surface area contributed by atoms with E-state index >= 15 is 0 Å². The number of carbonyl (C=O) groups is 1. The number of rotatable bonds is 8. The van der Waals surface area contributed by atoms with Gasteiger partial charge in [0, 0.05) is 24.0 Å². The molecule has 0 fully saturated rings. The molecule has 0 aliphatic rings. The van der Waals surface area contributed by atoms with Gasteiger partial charge in [0.1, 0.15) is 0 Å². The second-order valence-electron chi connectivity index (χ2n) is 5.30. The first-order valence-corrected chi connectivity index (χ1v) is 8.89. The summed E-state index contributed by atoms with van der Waals surface area (Å²) in [6.45, 7) is 7.88. The van der Waals surface area contributed by atoms with Crippen LogP contribution in [-0.2, 0) is 17.9 Å². The fourth-order valence-corrected chi connectivity index (χ4v) is 2.98. The molecule has 0 aliphatic carbocycles. The molecule has 1 aromatic heterocycles. The van der Waals surface area contributed by atoms with E-state index < -0.39 is 0 Å². The average molecular weight is 328 g/mol. The summed E-state index contributed by atoms with van der Waals surface area (Å²) in [5.41, 5.74) is 2.45. The van der Waals surface area contributed by atoms with E-state index in [4.69, 9.17) is 0 Å². The van der Waals surface area contributed by atoms with Gasteiger partial charge in [-0.3, -0.25) is 9.69 Å². The maximum absolute atomic E-state index is 12.0. The molecule has 1 N–H and O–H groups in total. The quantitative estimate of drug-likeness (QED) is 0.745. The molecule has 1 amide bonds. The molecule has 0 unspecified atom stereocenters. The van der Waals surface area contributed by atoms with Gasteiger partial charge in [-0.05, 0) is 41.7 Å². The third-order valence-corrected chi connectivity index (χ3v) is 4.64. The van der Waals surface area contributed by atoms with Crippen LogP contribution >= 0.6 is 11.3 Å². The Kier molecular flexibility index (Phi) is 7.04. The predicted molar refractivity (Wildman–Crippen MR) is 98.3 cm³/mol. The molecule has 0 radical (unpaired) electrons. The summed E-state index contributed by atoms with van der Waals surface area (Å²) in [4.78, 5) is 15.4. The Morgan fingerprint density at radius 1 is 1.13 bits per heavy atom. The first-order chi connectivity index (χ1) is 11.2. The van der Waals surface area contributed by atoms with Gasteiger partial charge in [0.05, 0.1) is 0 Å². The highest BCUT2D eigenvalue weighted by molar-refractivity contribution is 7.10. The Labute approximate surface area is 142 Å². The highest BCUT2D eigenvalue weighted by atomic mass is 32.1. The van der Waals surface area contributed by atoms with E-state index in [0.717, 1.165) is 24.5 Å². The molecule has 0 bridgehead atoms. The zero-order valence-corrected chi connectivity index (χ0v) is 14.6. The van der Waals surface area contributed by atoms with Gasteiger partial charge in [-0.15, -0.1) is 11.3 Å². The van der Waals surface area contributed by atoms with Crippen molar-refractivity contribution in [3.63, 3.8) is 0 Å². The molecule has 0 spiro atoms. The lowest BCUT2D eigenvalue weighted by Crippen LogP contribution is -2.25. The van der Waals surface area contributed by atoms with Crippen molar-refractivity contribution in [2.75, 3.05) is 13.1 Å². The number of benzene rings is 1. The molecule has 0 aliphatic heterocycles. The summed E-state index contributed by atoms with van der Waals surface area (Å²) < 4.78 is 0. The Bertz CT molecular complexity index is 631. The molecule has 122 valence electrons. The Balaban J connectivity index is 1.93. The number of carbonyl (C=O) groups excluding carboxylic acids is 1. The van der Waals surface area contributed by atoms with Crippen molar-refractivity contribution in [2.24, 2.45) is 0 Å². The van der Waals surface area contributed by atoms with Crippen molar-refractivity contribution in [3.8, 4) is 0 Å². The lowest BCUT2D eigenvalue weighted by Gasteiger charge is -2.20. The van der Waals surface area contributed by atoms with Crippen molar-refractivity contribution in [1.29, 1.82) is 0 Å². The Morgan fingerprint density at radius 2 is 1.87 bits per heavy atom. The van der Waals surface area contributed by atoms with Gasteiger partial charge >= 0.3 is 0 Å². The van der Waals surface area contributed by atoms with Crippen molar-refractivity contribution in [2.45, 2.75) is 26.9 Å². The monoisotopic (exact) mass is 328 g/mol. The molecule has 2 rings (SSSR count). The van der Waals surface area contributed by atoms with E-state index in [2.05, 4.69) is 42.3 Å². The van der Waals surface area contributed by atoms with Crippen molar-refractivity contribution >= 4 is 23.3 Å². The summed E-state index contributed by atoms with van der Waals surface area (Å²) in [6.07, 6.45) is 3.45. The van der Waals surface area contributed by atoms with E-state index in [-0.39, 0.29) is 5.91 Å². The van der Waals surface area contributed by atoms with Crippen LogP contribution in [0.5, 0.6) is 0 Å². The molecular formula is C19H24N2OS. The highest BCUT2D eigenvalue weighted by Gasteiger charge is 2.06. The second-order valence-corrected chi connectivity index (χ2v) is 6.28. The van der Waals surface area contributed by atoms with Gasteiger partial charge in [-0.2, -0.15) is 0 Å². The molecule has 0 atom stereocenters. The molecule has 3 nitrogen and oxygen atoms in total. The highest BCUT2D eigenvalue weighted by Crippen LogP contribution is 2.12. The fourth-order valence-electron chi connectivity index (χ4n) is 2.36. The summed E-state index contributed by atoms with van der Waals surface area (Å²) >= 11 is 1.62. The summed E-state index contributed by atoms with van der Waals surface area (Å²) in [5.74, 6) is -0.0592. The topological polar surface area (TPSA) is 32.3 Å². The Morgan fingerprint density at radius 3 is 2.52 bits per heavy atom. The second kappa shape index (κ2) is 9.28. The smallest absolute Gasteiger partial charge is 0.244 e. The maximum atomic E-state index is 12.0. The third-order valence-electron chi connectivity index (χ3n) is 3.80. The maximum Gasteiger partial charge on any atom is 0.244 e. The standard InChI is InChI=1S/C19H24N2OS/c1-3-21(4-2)15-17-9-6-5-8-16(17)14-20-19(22)12-11-18-10-7-13-23-18/h5-13H,3-4,14-15H2,1-2H3,(H,20,22)/b12-11+. The minimum absolute atomic E-state index is 0.0592. The van der Waals surface area contributed by atoms with Crippen molar-refractivity contribution in [3.05, 3.63) is 63.9 Å². The molecule has 1 aromatic carbocycles. The lowest BCUT2D eigenvalue weighted by atomic mass is 10.1. The number of hydrogen-bond acceptors (Lipinski definition) is 3. The van der Waals surface area contributed by atoms with Crippen LogP contribution in [0.1, 0.15) is 29.9 Å². The van der Waals surface area contributed by atoms with Crippen molar-refractivity contribution in [1.82, 2.24) is 10.2 Å². The average Bonchev–Trinajstić information content (AvgIpc) is 3.10. The molecular weight excluding hydrogens is 304 g/mol. The zero-order chi connectivity index (χ0) is 16.5. The minimum atomic E-state index is -0.0592. The van der Waals surface area contributed by atoms with Crippen LogP contribution in [0.2, 0.25) is 0 Å². The van der Waals surface area contributed by atoms with Gasteiger partial charge in [0.2, 0.25) is 5.91 Å². The van der Waals surface area contributed by atoms with Gasteiger partial charge in [0.25, 0.3) is 0 Å². The first kappa shape index (κ1) is 17.4. The molecule has 4 heteroatoms. The fraction of sp³-hybridized carbons (Fsp3) is 0.316. The predicted octanol–water partition coefficient (Wildman–Crippen LogP) is 3.92. The molecule has 0 saturated carbocycles. The molecule has 2 aromatic rings. The van der Waals surface area contributed by atoms with Crippen LogP contribution in [0.3, 0.4) is 0 Å². The van der Waals surface area contributed by atoms with Crippen LogP contribution in [0.15, 0.2) is 47.9 Å². The van der Waals surface area contributed by atoms with E-state index in [1.54, 1.807) is 17.4 Å². The number of thiophene rings is 1. The first-order valence-electron chi connectivity index (χ1n) is 8.01. The number of nitrogens with one attached hydrogen (secondary N) is 1. The number of amides is 1. The Hall–Kier alpha value is -1.91.